The summed E-state index contributed by atoms with van der Waals surface area (Å²) in [6.07, 6.45) is 1.91. The normalized spacial score (nSPS) is 10.6. The van der Waals surface area contributed by atoms with Crippen LogP contribution in [0.25, 0.3) is 0 Å². The SMILES string of the molecule is NCCCc1csc(COc2ccc(Cl)cc2)n1. The Bertz CT molecular complexity index is 484. The molecule has 18 heavy (non-hydrogen) atoms. The van der Waals surface area contributed by atoms with Crippen LogP contribution in [0, 0.1) is 0 Å². The van der Waals surface area contributed by atoms with Gasteiger partial charge in [-0.05, 0) is 43.7 Å². The summed E-state index contributed by atoms with van der Waals surface area (Å²) in [5.74, 6) is 0.804. The largest absolute Gasteiger partial charge is 0.486 e. The Kier molecular flexibility index (Phi) is 4.99. The monoisotopic (exact) mass is 282 g/mol. The Hall–Kier alpha value is -1.10. The Morgan fingerprint density at radius 2 is 2.06 bits per heavy atom. The summed E-state index contributed by atoms with van der Waals surface area (Å²) >= 11 is 7.42. The van der Waals surface area contributed by atoms with E-state index in [4.69, 9.17) is 22.1 Å². The fourth-order valence-corrected chi connectivity index (χ4v) is 2.35. The van der Waals surface area contributed by atoms with Crippen molar-refractivity contribution in [2.75, 3.05) is 6.54 Å². The number of rotatable bonds is 6. The van der Waals surface area contributed by atoms with E-state index in [0.717, 1.165) is 29.3 Å². The topological polar surface area (TPSA) is 48.1 Å². The maximum atomic E-state index is 5.80. The number of hydrogen-bond donors (Lipinski definition) is 1. The lowest BCUT2D eigenvalue weighted by molar-refractivity contribution is 0.305. The number of ether oxygens (including phenoxy) is 1. The lowest BCUT2D eigenvalue weighted by atomic mass is 10.2. The van der Waals surface area contributed by atoms with Gasteiger partial charge < -0.3 is 10.5 Å². The van der Waals surface area contributed by atoms with Gasteiger partial charge in [-0.3, -0.25) is 0 Å². The number of hydrogen-bond acceptors (Lipinski definition) is 4. The van der Waals surface area contributed by atoms with E-state index >= 15 is 0 Å². The second-order valence-electron chi connectivity index (χ2n) is 3.87. The van der Waals surface area contributed by atoms with Crippen LogP contribution < -0.4 is 10.5 Å². The predicted octanol–water partition coefficient (Wildman–Crippen LogP) is 3.27. The van der Waals surface area contributed by atoms with Gasteiger partial charge in [-0.15, -0.1) is 11.3 Å². The van der Waals surface area contributed by atoms with Gasteiger partial charge in [0.25, 0.3) is 0 Å². The number of benzene rings is 1. The first-order chi connectivity index (χ1) is 8.78. The Morgan fingerprint density at radius 1 is 1.28 bits per heavy atom. The molecule has 2 aromatic rings. The average Bonchev–Trinajstić information content (AvgIpc) is 2.84. The van der Waals surface area contributed by atoms with E-state index in [1.807, 2.05) is 24.3 Å². The Balaban J connectivity index is 1.86. The van der Waals surface area contributed by atoms with Crippen LogP contribution in [0.15, 0.2) is 29.6 Å². The van der Waals surface area contributed by atoms with Crippen LogP contribution in [-0.2, 0) is 13.0 Å². The van der Waals surface area contributed by atoms with Crippen LogP contribution in [0.2, 0.25) is 5.02 Å². The summed E-state index contributed by atoms with van der Waals surface area (Å²) in [6, 6.07) is 7.33. The zero-order chi connectivity index (χ0) is 12.8. The molecule has 2 rings (SSSR count). The molecule has 0 aliphatic heterocycles. The van der Waals surface area contributed by atoms with Crippen LogP contribution in [-0.4, -0.2) is 11.5 Å². The maximum absolute atomic E-state index is 5.80. The highest BCUT2D eigenvalue weighted by molar-refractivity contribution is 7.09. The zero-order valence-electron chi connectivity index (χ0n) is 9.93. The van der Waals surface area contributed by atoms with Crippen LogP contribution in [0.1, 0.15) is 17.1 Å². The minimum Gasteiger partial charge on any atom is -0.486 e. The third-order valence-electron chi connectivity index (χ3n) is 2.41. The highest BCUT2D eigenvalue weighted by Crippen LogP contribution is 2.18. The quantitative estimate of drug-likeness (QED) is 0.885. The highest BCUT2D eigenvalue weighted by atomic mass is 35.5. The summed E-state index contributed by atoms with van der Waals surface area (Å²) in [5, 5.41) is 3.76. The van der Waals surface area contributed by atoms with Crippen molar-refractivity contribution in [3.8, 4) is 5.75 Å². The summed E-state index contributed by atoms with van der Waals surface area (Å²) in [6.45, 7) is 1.20. The minimum atomic E-state index is 0.495. The molecular formula is C13H15ClN2OS. The molecule has 0 fully saturated rings. The molecule has 0 unspecified atom stereocenters. The minimum absolute atomic E-state index is 0.495. The van der Waals surface area contributed by atoms with Crippen molar-refractivity contribution in [2.24, 2.45) is 5.73 Å². The number of nitrogens with zero attached hydrogens (tertiary/aromatic N) is 1. The summed E-state index contributed by atoms with van der Waals surface area (Å²) in [7, 11) is 0. The fourth-order valence-electron chi connectivity index (χ4n) is 1.49. The van der Waals surface area contributed by atoms with Gasteiger partial charge in [0, 0.05) is 10.4 Å². The van der Waals surface area contributed by atoms with Crippen LogP contribution in [0.5, 0.6) is 5.75 Å². The molecule has 96 valence electrons. The molecule has 0 radical (unpaired) electrons. The van der Waals surface area contributed by atoms with Gasteiger partial charge in [0.1, 0.15) is 17.4 Å². The fraction of sp³-hybridized carbons (Fsp3) is 0.308. The van der Waals surface area contributed by atoms with Crippen LogP contribution in [0.4, 0.5) is 0 Å². The third-order valence-corrected chi connectivity index (χ3v) is 3.54. The number of aromatic nitrogens is 1. The van der Waals surface area contributed by atoms with Gasteiger partial charge >= 0.3 is 0 Å². The molecular weight excluding hydrogens is 268 g/mol. The molecule has 0 bridgehead atoms. The number of thiazole rings is 1. The summed E-state index contributed by atoms with van der Waals surface area (Å²) in [5.41, 5.74) is 6.57. The summed E-state index contributed by atoms with van der Waals surface area (Å²) < 4.78 is 5.63. The van der Waals surface area contributed by atoms with Crippen molar-refractivity contribution < 1.29 is 4.74 Å². The molecule has 1 heterocycles. The molecule has 0 atom stereocenters. The van der Waals surface area contributed by atoms with Crippen LogP contribution in [0.3, 0.4) is 0 Å². The van der Waals surface area contributed by atoms with E-state index in [-0.39, 0.29) is 0 Å². The van der Waals surface area contributed by atoms with Gasteiger partial charge in [-0.25, -0.2) is 4.98 Å². The molecule has 0 aliphatic rings. The van der Waals surface area contributed by atoms with Gasteiger partial charge in [0.05, 0.1) is 5.69 Å². The van der Waals surface area contributed by atoms with Crippen molar-refractivity contribution in [1.29, 1.82) is 0 Å². The summed E-state index contributed by atoms with van der Waals surface area (Å²) in [4.78, 5) is 4.49. The molecule has 3 nitrogen and oxygen atoms in total. The van der Waals surface area contributed by atoms with Crippen molar-refractivity contribution >= 4 is 22.9 Å². The third kappa shape index (κ3) is 3.98. The van der Waals surface area contributed by atoms with E-state index in [0.29, 0.717) is 18.2 Å². The van der Waals surface area contributed by atoms with Crippen molar-refractivity contribution in [1.82, 2.24) is 4.98 Å². The van der Waals surface area contributed by atoms with E-state index in [9.17, 15) is 0 Å². The average molecular weight is 283 g/mol. The lowest BCUT2D eigenvalue weighted by Gasteiger charge is -2.03. The first-order valence-corrected chi connectivity index (χ1v) is 7.05. The molecule has 2 N–H and O–H groups in total. The Labute approximate surface area is 116 Å². The number of halogens is 1. The molecule has 0 aliphatic carbocycles. The second-order valence-corrected chi connectivity index (χ2v) is 5.25. The van der Waals surface area contributed by atoms with E-state index in [1.165, 1.54) is 0 Å². The smallest absolute Gasteiger partial charge is 0.140 e. The van der Waals surface area contributed by atoms with Gasteiger partial charge in [0.15, 0.2) is 0 Å². The molecule has 0 saturated carbocycles. The van der Waals surface area contributed by atoms with Crippen LogP contribution >= 0.6 is 22.9 Å². The first kappa shape index (κ1) is 13.3. The van der Waals surface area contributed by atoms with Gasteiger partial charge in [-0.1, -0.05) is 11.6 Å². The zero-order valence-corrected chi connectivity index (χ0v) is 11.5. The standard InChI is InChI=1S/C13H15ClN2OS/c14-10-3-5-12(6-4-10)17-8-13-16-11(9-18-13)2-1-7-15/h3-6,9H,1-2,7-8,15H2. The predicted molar refractivity (Wildman–Crippen MR) is 75.3 cm³/mol. The molecule has 1 aromatic carbocycles. The van der Waals surface area contributed by atoms with Crippen molar-refractivity contribution in [3.63, 3.8) is 0 Å². The van der Waals surface area contributed by atoms with Gasteiger partial charge in [-0.2, -0.15) is 0 Å². The second kappa shape index (κ2) is 6.73. The lowest BCUT2D eigenvalue weighted by Crippen LogP contribution is -2.01. The molecule has 0 spiro atoms. The number of nitrogens with two attached hydrogens (primary N) is 1. The van der Waals surface area contributed by atoms with Crippen molar-refractivity contribution in [2.45, 2.75) is 19.4 Å². The maximum Gasteiger partial charge on any atom is 0.140 e. The van der Waals surface area contributed by atoms with Gasteiger partial charge in [0.2, 0.25) is 0 Å². The molecule has 1 aromatic heterocycles. The van der Waals surface area contributed by atoms with E-state index in [1.54, 1.807) is 11.3 Å². The molecule has 0 amide bonds. The Morgan fingerprint density at radius 3 is 2.78 bits per heavy atom. The van der Waals surface area contributed by atoms with E-state index in [2.05, 4.69) is 10.4 Å². The first-order valence-electron chi connectivity index (χ1n) is 5.79. The van der Waals surface area contributed by atoms with Crippen molar-refractivity contribution in [3.05, 3.63) is 45.4 Å². The highest BCUT2D eigenvalue weighted by Gasteiger charge is 2.03. The molecule has 5 heteroatoms. The number of aryl methyl sites for hydroxylation is 1. The van der Waals surface area contributed by atoms with E-state index < -0.39 is 0 Å². The molecule has 0 saturated heterocycles.